The second-order valence-corrected chi connectivity index (χ2v) is 7.68. The van der Waals surface area contributed by atoms with Crippen molar-refractivity contribution in [1.82, 2.24) is 15.3 Å². The first-order chi connectivity index (χ1) is 16.6. The number of nitrogens with zero attached hydrogens (tertiary/aromatic N) is 3. The van der Waals surface area contributed by atoms with Gasteiger partial charge in [0.15, 0.2) is 5.11 Å². The molecule has 8 nitrogen and oxygen atoms in total. The molecule has 0 amide bonds. The Labute approximate surface area is 205 Å². The van der Waals surface area contributed by atoms with Gasteiger partial charge in [0.25, 0.3) is 0 Å². The van der Waals surface area contributed by atoms with E-state index in [4.69, 9.17) is 17.0 Å². The van der Waals surface area contributed by atoms with Gasteiger partial charge in [-0.05, 0) is 62.0 Å². The van der Waals surface area contributed by atoms with Gasteiger partial charge in [0.1, 0.15) is 11.5 Å². The van der Waals surface area contributed by atoms with Crippen LogP contribution in [0.1, 0.15) is 17.0 Å². The molecule has 1 aromatic heterocycles. The molecule has 0 aliphatic carbocycles. The highest BCUT2D eigenvalue weighted by Crippen LogP contribution is 2.25. The maximum Gasteiger partial charge on any atom is 0.573 e. The third kappa shape index (κ3) is 8.74. The first kappa shape index (κ1) is 25.7. The molecule has 0 atom stereocenters. The van der Waals surface area contributed by atoms with Crippen LogP contribution in [0.4, 0.5) is 24.8 Å². The zero-order valence-corrected chi connectivity index (χ0v) is 19.9. The smallest absolute Gasteiger partial charge is 0.497 e. The summed E-state index contributed by atoms with van der Waals surface area (Å²) in [4.78, 5) is 13.2. The van der Waals surface area contributed by atoms with Crippen LogP contribution in [0.5, 0.6) is 11.5 Å². The molecule has 0 fully saturated rings. The number of methoxy groups -OCH3 is 1. The lowest BCUT2D eigenvalue weighted by molar-refractivity contribution is -0.274. The Hall–Kier alpha value is -3.93. The van der Waals surface area contributed by atoms with Crippen molar-refractivity contribution in [3.05, 3.63) is 71.5 Å². The lowest BCUT2D eigenvalue weighted by Crippen LogP contribution is -2.39. The Bertz CT molecular complexity index is 1200. The normalized spacial score (nSPS) is 11.5. The monoisotopic (exact) mass is 504 g/mol. The van der Waals surface area contributed by atoms with E-state index in [0.29, 0.717) is 17.4 Å². The average Bonchev–Trinajstić information content (AvgIpc) is 2.76. The summed E-state index contributed by atoms with van der Waals surface area (Å²) in [5.41, 5.74) is 2.69. The highest BCUT2D eigenvalue weighted by Gasteiger charge is 2.31. The highest BCUT2D eigenvalue weighted by atomic mass is 32.1. The van der Waals surface area contributed by atoms with Crippen LogP contribution < -0.4 is 25.4 Å². The first-order valence-corrected chi connectivity index (χ1v) is 10.7. The molecular weight excluding hydrogens is 481 g/mol. The molecule has 0 saturated heterocycles. The number of anilines is 2. The van der Waals surface area contributed by atoms with Crippen LogP contribution in [0.3, 0.4) is 0 Å². The van der Waals surface area contributed by atoms with Gasteiger partial charge in [0.2, 0.25) is 11.9 Å². The van der Waals surface area contributed by atoms with E-state index >= 15 is 0 Å². The zero-order chi connectivity index (χ0) is 25.4. The third-order valence-electron chi connectivity index (χ3n) is 4.32. The number of halogens is 3. The van der Waals surface area contributed by atoms with Crippen LogP contribution in [0.15, 0.2) is 59.6 Å². The fourth-order valence-corrected chi connectivity index (χ4v) is 3.19. The largest absolute Gasteiger partial charge is 0.573 e. The van der Waals surface area contributed by atoms with Crippen molar-refractivity contribution in [3.63, 3.8) is 0 Å². The summed E-state index contributed by atoms with van der Waals surface area (Å²) in [5, 5.41) is 8.80. The molecular formula is C23H23F3N6O2S. The number of aliphatic imine (C=N–C) groups is 1. The summed E-state index contributed by atoms with van der Waals surface area (Å²) in [6.45, 7) is 3.94. The molecule has 35 heavy (non-hydrogen) atoms. The first-order valence-electron chi connectivity index (χ1n) is 10.3. The molecule has 0 aliphatic heterocycles. The Morgan fingerprint density at radius 1 is 0.971 bits per heavy atom. The van der Waals surface area contributed by atoms with Crippen LogP contribution in [0.2, 0.25) is 0 Å². The summed E-state index contributed by atoms with van der Waals surface area (Å²) in [6, 6.07) is 14.5. The van der Waals surface area contributed by atoms with Crippen LogP contribution in [-0.4, -0.2) is 34.5 Å². The summed E-state index contributed by atoms with van der Waals surface area (Å²) in [5.74, 6) is 0.857. The average molecular weight is 505 g/mol. The minimum atomic E-state index is -4.80. The molecule has 0 unspecified atom stereocenters. The van der Waals surface area contributed by atoms with E-state index in [1.54, 1.807) is 13.2 Å². The van der Waals surface area contributed by atoms with Crippen molar-refractivity contribution < 1.29 is 22.6 Å². The lowest BCUT2D eigenvalue weighted by atomic mass is 10.2. The molecule has 3 rings (SSSR count). The molecule has 3 aromatic rings. The number of ether oxygens (including phenoxy) is 2. The topological polar surface area (TPSA) is 92.7 Å². The summed E-state index contributed by atoms with van der Waals surface area (Å²) >= 11 is 5.34. The van der Waals surface area contributed by atoms with E-state index in [1.165, 1.54) is 18.2 Å². The maximum atomic E-state index is 12.5. The van der Waals surface area contributed by atoms with E-state index in [1.807, 2.05) is 44.2 Å². The van der Waals surface area contributed by atoms with Gasteiger partial charge < -0.3 is 20.1 Å². The third-order valence-corrected chi connectivity index (χ3v) is 4.53. The van der Waals surface area contributed by atoms with Crippen molar-refractivity contribution in [2.45, 2.75) is 26.8 Å². The van der Waals surface area contributed by atoms with Gasteiger partial charge in [0.05, 0.1) is 13.7 Å². The van der Waals surface area contributed by atoms with Crippen LogP contribution >= 0.6 is 12.2 Å². The Balaban J connectivity index is 1.77. The molecule has 0 spiro atoms. The van der Waals surface area contributed by atoms with Gasteiger partial charge in [-0.3, -0.25) is 5.32 Å². The number of hydrogen-bond acceptors (Lipinski definition) is 6. The van der Waals surface area contributed by atoms with E-state index < -0.39 is 6.36 Å². The molecule has 3 N–H and O–H groups in total. The molecule has 0 bridgehead atoms. The molecule has 0 aliphatic rings. The van der Waals surface area contributed by atoms with E-state index in [2.05, 4.69) is 35.6 Å². The van der Waals surface area contributed by atoms with Crippen molar-refractivity contribution in [3.8, 4) is 11.5 Å². The van der Waals surface area contributed by atoms with Crippen LogP contribution in [-0.2, 0) is 6.54 Å². The number of alkyl halides is 3. The number of benzene rings is 2. The quantitative estimate of drug-likeness (QED) is 0.247. The fourth-order valence-electron chi connectivity index (χ4n) is 2.98. The zero-order valence-electron chi connectivity index (χ0n) is 19.1. The molecule has 12 heteroatoms. The number of rotatable bonds is 6. The minimum Gasteiger partial charge on any atom is -0.497 e. The molecule has 184 valence electrons. The predicted molar refractivity (Wildman–Crippen MR) is 132 cm³/mol. The summed E-state index contributed by atoms with van der Waals surface area (Å²) in [7, 11) is 1.58. The second kappa shape index (κ2) is 11.5. The van der Waals surface area contributed by atoms with Gasteiger partial charge in [-0.2, -0.15) is 0 Å². The Kier molecular flexibility index (Phi) is 8.42. The van der Waals surface area contributed by atoms with Gasteiger partial charge in [-0.25, -0.2) is 15.0 Å². The number of thiocarbonyl (C=S) groups is 1. The fraction of sp³-hybridized carbons (Fsp3) is 0.217. The SMILES string of the molecule is COc1cccc(CN=C(NC(=S)Nc2cccc(OC(F)(F)F)c2)Nc2nc(C)cc(C)n2)c1. The van der Waals surface area contributed by atoms with Crippen LogP contribution in [0.25, 0.3) is 0 Å². The number of aryl methyl sites for hydroxylation is 2. The number of nitrogens with one attached hydrogen (secondary N) is 3. The Morgan fingerprint density at radius 3 is 2.34 bits per heavy atom. The van der Waals surface area contributed by atoms with E-state index in [9.17, 15) is 13.2 Å². The predicted octanol–water partition coefficient (Wildman–Crippen LogP) is 4.96. The number of guanidine groups is 1. The number of aromatic nitrogens is 2. The molecule has 2 aromatic carbocycles. The lowest BCUT2D eigenvalue weighted by Gasteiger charge is -2.15. The summed E-state index contributed by atoms with van der Waals surface area (Å²) in [6.07, 6.45) is -4.80. The van der Waals surface area contributed by atoms with Gasteiger partial charge >= 0.3 is 6.36 Å². The molecule has 1 heterocycles. The van der Waals surface area contributed by atoms with Crippen molar-refractivity contribution in [2.24, 2.45) is 4.99 Å². The van der Waals surface area contributed by atoms with E-state index in [-0.39, 0.29) is 23.4 Å². The second-order valence-electron chi connectivity index (χ2n) is 7.27. The van der Waals surface area contributed by atoms with Crippen molar-refractivity contribution in [2.75, 3.05) is 17.7 Å². The number of hydrogen-bond donors (Lipinski definition) is 3. The maximum absolute atomic E-state index is 12.5. The van der Waals surface area contributed by atoms with Crippen molar-refractivity contribution in [1.29, 1.82) is 0 Å². The van der Waals surface area contributed by atoms with Gasteiger partial charge in [0, 0.05) is 23.1 Å². The van der Waals surface area contributed by atoms with Gasteiger partial charge in [-0.15, -0.1) is 13.2 Å². The highest BCUT2D eigenvalue weighted by molar-refractivity contribution is 7.80. The molecule has 0 radical (unpaired) electrons. The standard InChI is InChI=1S/C23H23F3N6O2S/c1-14-10-15(2)29-21(28-14)31-20(27-13-16-6-4-8-18(11-16)33-3)32-22(35)30-17-7-5-9-19(12-17)34-23(24,25)26/h4-12H,13H2,1-3H3,(H3,27,28,29,30,31,32,35). The summed E-state index contributed by atoms with van der Waals surface area (Å²) < 4.78 is 46.7. The molecule has 0 saturated carbocycles. The van der Waals surface area contributed by atoms with E-state index in [0.717, 1.165) is 17.0 Å². The van der Waals surface area contributed by atoms with Crippen molar-refractivity contribution >= 4 is 34.9 Å². The van der Waals surface area contributed by atoms with Crippen LogP contribution in [0, 0.1) is 13.8 Å². The minimum absolute atomic E-state index is 0.0791. The Morgan fingerprint density at radius 2 is 1.66 bits per heavy atom. The van der Waals surface area contributed by atoms with Gasteiger partial charge in [-0.1, -0.05) is 18.2 Å².